The molecule has 4 aromatic rings. The number of rotatable bonds is 6. The second-order valence-electron chi connectivity index (χ2n) is 6.51. The molecule has 0 radical (unpaired) electrons. The molecule has 4 rings (SSSR count). The van der Waals surface area contributed by atoms with E-state index in [1.165, 1.54) is 16.4 Å². The van der Waals surface area contributed by atoms with Crippen LogP contribution in [0.4, 0.5) is 5.69 Å². The molecule has 0 saturated carbocycles. The van der Waals surface area contributed by atoms with Gasteiger partial charge >= 0.3 is 0 Å². The summed E-state index contributed by atoms with van der Waals surface area (Å²) in [5.41, 5.74) is 3.99. The van der Waals surface area contributed by atoms with Gasteiger partial charge in [-0.2, -0.15) is 5.10 Å². The van der Waals surface area contributed by atoms with Gasteiger partial charge in [-0.05, 0) is 36.8 Å². The monoisotopic (exact) mass is 439 g/mol. The SMILES string of the molecule is Cc1cc(Cl)ccc1NC(=O)CSc1nnc(-c2cc(-c3ccccc3)n[nH]2)n1N. The zero-order valence-electron chi connectivity index (χ0n) is 16.0. The Hall–Kier alpha value is -3.30. The fourth-order valence-electron chi connectivity index (χ4n) is 2.84. The predicted molar refractivity (Wildman–Crippen MR) is 119 cm³/mol. The topological polar surface area (TPSA) is 115 Å². The van der Waals surface area contributed by atoms with E-state index in [1.54, 1.807) is 18.2 Å². The van der Waals surface area contributed by atoms with E-state index in [2.05, 4.69) is 25.7 Å². The minimum Gasteiger partial charge on any atom is -0.335 e. The lowest BCUT2D eigenvalue weighted by Gasteiger charge is -2.08. The summed E-state index contributed by atoms with van der Waals surface area (Å²) < 4.78 is 1.34. The number of hydrogen-bond acceptors (Lipinski definition) is 6. The largest absolute Gasteiger partial charge is 0.335 e. The Morgan fingerprint density at radius 3 is 2.77 bits per heavy atom. The molecule has 0 aliphatic carbocycles. The van der Waals surface area contributed by atoms with Gasteiger partial charge in [-0.1, -0.05) is 53.7 Å². The van der Waals surface area contributed by atoms with Gasteiger partial charge in [-0.15, -0.1) is 10.2 Å². The van der Waals surface area contributed by atoms with Gasteiger partial charge in [0, 0.05) is 16.3 Å². The van der Waals surface area contributed by atoms with Gasteiger partial charge in [0.05, 0.1) is 11.4 Å². The summed E-state index contributed by atoms with van der Waals surface area (Å²) in [6.07, 6.45) is 0. The summed E-state index contributed by atoms with van der Waals surface area (Å²) >= 11 is 7.14. The molecule has 2 aromatic heterocycles. The van der Waals surface area contributed by atoms with Crippen LogP contribution in [0.3, 0.4) is 0 Å². The number of benzene rings is 2. The lowest BCUT2D eigenvalue weighted by Crippen LogP contribution is -2.17. The molecule has 0 aliphatic rings. The van der Waals surface area contributed by atoms with Gasteiger partial charge in [0.25, 0.3) is 0 Å². The smallest absolute Gasteiger partial charge is 0.234 e. The van der Waals surface area contributed by atoms with Crippen LogP contribution in [0.25, 0.3) is 22.8 Å². The van der Waals surface area contributed by atoms with Crippen LogP contribution in [0.2, 0.25) is 5.02 Å². The zero-order chi connectivity index (χ0) is 21.1. The molecule has 0 saturated heterocycles. The second-order valence-corrected chi connectivity index (χ2v) is 7.88. The van der Waals surface area contributed by atoms with Crippen LogP contribution in [0.5, 0.6) is 0 Å². The second kappa shape index (κ2) is 8.60. The number of nitrogens with two attached hydrogens (primary N) is 1. The molecule has 0 bridgehead atoms. The number of aromatic amines is 1. The van der Waals surface area contributed by atoms with Crippen LogP contribution in [-0.2, 0) is 4.79 Å². The Morgan fingerprint density at radius 1 is 1.20 bits per heavy atom. The Bertz CT molecular complexity index is 1190. The number of aryl methyl sites for hydroxylation is 1. The molecule has 4 N–H and O–H groups in total. The van der Waals surface area contributed by atoms with Crippen molar-refractivity contribution in [3.63, 3.8) is 0 Å². The Morgan fingerprint density at radius 2 is 2.00 bits per heavy atom. The van der Waals surface area contributed by atoms with Crippen LogP contribution in [-0.4, -0.2) is 36.7 Å². The van der Waals surface area contributed by atoms with E-state index >= 15 is 0 Å². The van der Waals surface area contributed by atoms with Crippen molar-refractivity contribution in [2.24, 2.45) is 0 Å². The minimum atomic E-state index is -0.178. The van der Waals surface area contributed by atoms with Gasteiger partial charge in [0.1, 0.15) is 5.69 Å². The number of nitrogens with one attached hydrogen (secondary N) is 2. The molecular weight excluding hydrogens is 422 g/mol. The van der Waals surface area contributed by atoms with Crippen molar-refractivity contribution < 1.29 is 4.79 Å². The molecule has 0 unspecified atom stereocenters. The number of H-pyrrole nitrogens is 1. The fraction of sp³-hybridized carbons (Fsp3) is 0.100. The summed E-state index contributed by atoms with van der Waals surface area (Å²) in [5, 5.41) is 19.4. The Balaban J connectivity index is 1.42. The van der Waals surface area contributed by atoms with Gasteiger partial charge in [0.2, 0.25) is 16.9 Å². The van der Waals surface area contributed by atoms with Gasteiger partial charge in [-0.25, -0.2) is 4.68 Å². The van der Waals surface area contributed by atoms with E-state index in [-0.39, 0.29) is 11.7 Å². The molecule has 1 amide bonds. The molecule has 0 fully saturated rings. The highest BCUT2D eigenvalue weighted by Crippen LogP contribution is 2.25. The van der Waals surface area contributed by atoms with Crippen LogP contribution in [0.15, 0.2) is 59.8 Å². The fourth-order valence-corrected chi connectivity index (χ4v) is 3.72. The van der Waals surface area contributed by atoms with Gasteiger partial charge in [-0.3, -0.25) is 9.89 Å². The van der Waals surface area contributed by atoms with Gasteiger partial charge in [0.15, 0.2) is 0 Å². The van der Waals surface area contributed by atoms with E-state index in [0.717, 1.165) is 16.8 Å². The van der Waals surface area contributed by atoms with E-state index in [9.17, 15) is 4.79 Å². The van der Waals surface area contributed by atoms with Crippen LogP contribution < -0.4 is 11.2 Å². The summed E-state index contributed by atoms with van der Waals surface area (Å²) in [5.74, 6) is 6.53. The first kappa shape index (κ1) is 20.0. The summed E-state index contributed by atoms with van der Waals surface area (Å²) in [6, 6.07) is 16.9. The Kier molecular flexibility index (Phi) is 5.73. The van der Waals surface area contributed by atoms with Crippen LogP contribution in [0, 0.1) is 6.92 Å². The van der Waals surface area contributed by atoms with Crippen molar-refractivity contribution in [1.29, 1.82) is 0 Å². The molecule has 0 spiro atoms. The van der Waals surface area contributed by atoms with Crippen molar-refractivity contribution in [2.75, 3.05) is 16.9 Å². The normalized spacial score (nSPS) is 10.9. The molecule has 0 atom stereocenters. The van der Waals surface area contributed by atoms with Crippen molar-refractivity contribution in [3.05, 3.63) is 65.2 Å². The summed E-state index contributed by atoms with van der Waals surface area (Å²) in [7, 11) is 0. The van der Waals surface area contributed by atoms with Crippen LogP contribution >= 0.6 is 23.4 Å². The van der Waals surface area contributed by atoms with E-state index < -0.39 is 0 Å². The van der Waals surface area contributed by atoms with Crippen molar-refractivity contribution in [2.45, 2.75) is 12.1 Å². The minimum absolute atomic E-state index is 0.135. The number of amides is 1. The average Bonchev–Trinajstić information content (AvgIpc) is 3.36. The number of nitrogens with zero attached hydrogens (tertiary/aromatic N) is 4. The number of nitrogen functional groups attached to an aromatic ring is 1. The number of aromatic nitrogens is 5. The van der Waals surface area contributed by atoms with Crippen molar-refractivity contribution in [3.8, 4) is 22.8 Å². The maximum Gasteiger partial charge on any atom is 0.234 e. The number of carbonyl (C=O) groups excluding carboxylic acids is 1. The number of carbonyl (C=O) groups is 1. The molecule has 8 nitrogen and oxygen atoms in total. The standard InChI is InChI=1S/C20H18ClN7OS/c1-12-9-14(21)7-8-15(12)23-18(29)11-30-20-27-26-19(28(20)22)17-10-16(24-25-17)13-5-3-2-4-6-13/h2-10H,11,22H2,1H3,(H,23,29)(H,24,25). The molecule has 30 heavy (non-hydrogen) atoms. The number of thioether (sulfide) groups is 1. The Labute approximate surface area is 181 Å². The van der Waals surface area contributed by atoms with Gasteiger partial charge < -0.3 is 11.2 Å². The maximum atomic E-state index is 12.3. The lowest BCUT2D eigenvalue weighted by atomic mass is 10.1. The van der Waals surface area contributed by atoms with Crippen molar-refractivity contribution in [1.82, 2.24) is 25.1 Å². The molecule has 10 heteroatoms. The highest BCUT2D eigenvalue weighted by atomic mass is 35.5. The quantitative estimate of drug-likeness (QED) is 0.311. The number of anilines is 1. The zero-order valence-corrected chi connectivity index (χ0v) is 17.5. The van der Waals surface area contributed by atoms with Crippen molar-refractivity contribution >= 4 is 35.0 Å². The number of halogens is 1. The molecule has 152 valence electrons. The van der Waals surface area contributed by atoms with E-state index in [4.69, 9.17) is 17.4 Å². The molecule has 2 aromatic carbocycles. The molecule has 0 aliphatic heterocycles. The first-order chi connectivity index (χ1) is 14.5. The molecular formula is C20H18ClN7OS. The third-order valence-electron chi connectivity index (χ3n) is 4.35. The highest BCUT2D eigenvalue weighted by Gasteiger charge is 2.16. The third kappa shape index (κ3) is 4.32. The first-order valence-corrected chi connectivity index (χ1v) is 10.4. The third-order valence-corrected chi connectivity index (χ3v) is 5.53. The lowest BCUT2D eigenvalue weighted by molar-refractivity contribution is -0.113. The van der Waals surface area contributed by atoms with E-state index in [0.29, 0.717) is 27.4 Å². The highest BCUT2D eigenvalue weighted by molar-refractivity contribution is 7.99. The number of hydrogen-bond donors (Lipinski definition) is 3. The maximum absolute atomic E-state index is 12.3. The summed E-state index contributed by atoms with van der Waals surface area (Å²) in [4.78, 5) is 12.3. The first-order valence-electron chi connectivity index (χ1n) is 9.02. The average molecular weight is 440 g/mol. The van der Waals surface area contributed by atoms with E-state index in [1.807, 2.05) is 43.3 Å². The van der Waals surface area contributed by atoms with Crippen LogP contribution in [0.1, 0.15) is 5.56 Å². The predicted octanol–water partition coefficient (Wildman–Crippen LogP) is 3.74. The molecule has 2 heterocycles. The summed E-state index contributed by atoms with van der Waals surface area (Å²) in [6.45, 7) is 1.88.